The molecule has 1 saturated heterocycles. The highest BCUT2D eigenvalue weighted by molar-refractivity contribution is 9.10. The number of likely N-dealkylation sites (tertiary alicyclic amines) is 1. The molecule has 204 valence electrons. The van der Waals surface area contributed by atoms with E-state index in [2.05, 4.69) is 43.4 Å². The zero-order valence-electron chi connectivity index (χ0n) is 22.0. The van der Waals surface area contributed by atoms with E-state index in [4.69, 9.17) is 0 Å². The van der Waals surface area contributed by atoms with E-state index in [1.54, 1.807) is 28.6 Å². The number of aromatic nitrogens is 1. The number of carbonyl (C=O) groups is 1. The number of urea groups is 1. The van der Waals surface area contributed by atoms with Gasteiger partial charge in [-0.3, -0.25) is 4.98 Å². The minimum absolute atomic E-state index is 0.0223. The predicted molar refractivity (Wildman–Crippen MR) is 156 cm³/mol. The maximum Gasteiger partial charge on any atom is 0.319 e. The lowest BCUT2D eigenvalue weighted by molar-refractivity contribution is 0.159. The standard InChI is InChI=1S/C28H36BrN5O3S/c1-3-4-16-34(38(36,37)24-11-9-22(29)10-12-24)23-13-17-33(18-14-23)19-15-30-28(35)32-27-20-21(2)31-26-8-6-5-7-25(26)27/h5-12,20,23H,3-4,13-19H2,1-2H3,(H2,30,31,32,35). The van der Waals surface area contributed by atoms with Crippen molar-refractivity contribution in [3.05, 3.63) is 64.8 Å². The number of aryl methyl sites for hydroxylation is 1. The summed E-state index contributed by atoms with van der Waals surface area (Å²) in [7, 11) is -3.56. The van der Waals surface area contributed by atoms with Gasteiger partial charge in [0.2, 0.25) is 10.0 Å². The maximum atomic E-state index is 13.5. The zero-order valence-corrected chi connectivity index (χ0v) is 24.4. The molecule has 0 spiro atoms. The van der Waals surface area contributed by atoms with Gasteiger partial charge in [-0.05, 0) is 75.7 Å². The van der Waals surface area contributed by atoms with Gasteiger partial charge in [0.1, 0.15) is 0 Å². The van der Waals surface area contributed by atoms with Crippen molar-refractivity contribution in [3.63, 3.8) is 0 Å². The van der Waals surface area contributed by atoms with Crippen LogP contribution in [0.5, 0.6) is 0 Å². The smallest absolute Gasteiger partial charge is 0.319 e. The molecule has 0 bridgehead atoms. The molecule has 4 rings (SSSR count). The van der Waals surface area contributed by atoms with E-state index in [0.29, 0.717) is 24.5 Å². The average Bonchev–Trinajstić information content (AvgIpc) is 2.90. The Hall–Kier alpha value is -2.53. The Morgan fingerprint density at radius 1 is 1.13 bits per heavy atom. The van der Waals surface area contributed by atoms with Crippen LogP contribution in [0.3, 0.4) is 0 Å². The SMILES string of the molecule is CCCCN(C1CCN(CCNC(=O)Nc2cc(C)nc3ccccc23)CC1)S(=O)(=O)c1ccc(Br)cc1. The highest BCUT2D eigenvalue weighted by atomic mass is 79.9. The van der Waals surface area contributed by atoms with Crippen LogP contribution in [-0.2, 0) is 10.0 Å². The third kappa shape index (κ3) is 7.11. The van der Waals surface area contributed by atoms with E-state index in [9.17, 15) is 13.2 Å². The third-order valence-electron chi connectivity index (χ3n) is 6.92. The second kappa shape index (κ2) is 13.0. The molecule has 0 radical (unpaired) electrons. The highest BCUT2D eigenvalue weighted by Gasteiger charge is 2.33. The summed E-state index contributed by atoms with van der Waals surface area (Å²) < 4.78 is 29.5. The zero-order chi connectivity index (χ0) is 27.1. The number of carbonyl (C=O) groups excluding carboxylic acids is 1. The van der Waals surface area contributed by atoms with Crippen LogP contribution in [0.2, 0.25) is 0 Å². The number of amides is 2. The second-order valence-corrected chi connectivity index (χ2v) is 12.5. The van der Waals surface area contributed by atoms with Crippen LogP contribution in [0.4, 0.5) is 10.5 Å². The Morgan fingerprint density at radius 3 is 2.55 bits per heavy atom. The summed E-state index contributed by atoms with van der Waals surface area (Å²) >= 11 is 3.39. The van der Waals surface area contributed by atoms with Gasteiger partial charge < -0.3 is 15.5 Å². The van der Waals surface area contributed by atoms with Crippen molar-refractivity contribution in [2.75, 3.05) is 38.0 Å². The molecule has 2 N–H and O–H groups in total. The Kier molecular flexibility index (Phi) is 9.75. The number of para-hydroxylation sites is 1. The summed E-state index contributed by atoms with van der Waals surface area (Å²) in [6, 6.07) is 16.2. The largest absolute Gasteiger partial charge is 0.337 e. The molecule has 2 aromatic carbocycles. The number of halogens is 1. The van der Waals surface area contributed by atoms with E-state index in [-0.39, 0.29) is 12.1 Å². The number of fused-ring (bicyclic) bond motifs is 1. The van der Waals surface area contributed by atoms with E-state index >= 15 is 0 Å². The number of sulfonamides is 1. The normalized spacial score (nSPS) is 15.2. The van der Waals surface area contributed by atoms with Gasteiger partial charge in [0.05, 0.1) is 16.1 Å². The first-order chi connectivity index (χ1) is 18.3. The average molecular weight is 603 g/mol. The first-order valence-electron chi connectivity index (χ1n) is 13.2. The molecule has 8 nitrogen and oxygen atoms in total. The molecule has 38 heavy (non-hydrogen) atoms. The van der Waals surface area contributed by atoms with Gasteiger partial charge in [0.15, 0.2) is 0 Å². The van der Waals surface area contributed by atoms with Crippen molar-refractivity contribution in [1.29, 1.82) is 0 Å². The fourth-order valence-electron chi connectivity index (χ4n) is 4.89. The van der Waals surface area contributed by atoms with Crippen molar-refractivity contribution >= 4 is 48.6 Å². The summed E-state index contributed by atoms with van der Waals surface area (Å²) in [5.74, 6) is 0. The van der Waals surface area contributed by atoms with E-state index < -0.39 is 10.0 Å². The molecule has 3 aromatic rings. The molecule has 0 aliphatic carbocycles. The highest BCUT2D eigenvalue weighted by Crippen LogP contribution is 2.26. The summed E-state index contributed by atoms with van der Waals surface area (Å²) in [5, 5.41) is 6.81. The number of nitrogens with zero attached hydrogens (tertiary/aromatic N) is 3. The molecule has 0 atom stereocenters. The molecule has 0 unspecified atom stereocenters. The summed E-state index contributed by atoms with van der Waals surface area (Å²) in [6.07, 6.45) is 3.32. The van der Waals surface area contributed by atoms with Crippen LogP contribution in [0.15, 0.2) is 64.0 Å². The van der Waals surface area contributed by atoms with Gasteiger partial charge in [-0.2, -0.15) is 4.31 Å². The predicted octanol–water partition coefficient (Wildman–Crippen LogP) is 5.38. The van der Waals surface area contributed by atoms with E-state index in [1.165, 1.54) is 0 Å². The summed E-state index contributed by atoms with van der Waals surface area (Å²) in [4.78, 5) is 19.7. The Bertz CT molecular complexity index is 1340. The molecule has 1 aromatic heterocycles. The molecule has 0 saturated carbocycles. The van der Waals surface area contributed by atoms with Gasteiger partial charge in [0, 0.05) is 41.2 Å². The fraction of sp³-hybridized carbons (Fsp3) is 0.429. The number of anilines is 1. The lowest BCUT2D eigenvalue weighted by atomic mass is 10.0. The second-order valence-electron chi connectivity index (χ2n) is 9.71. The Balaban J connectivity index is 1.29. The molecular weight excluding hydrogens is 566 g/mol. The number of hydrogen-bond acceptors (Lipinski definition) is 5. The van der Waals surface area contributed by atoms with Crippen molar-refractivity contribution in [1.82, 2.24) is 19.5 Å². The monoisotopic (exact) mass is 601 g/mol. The number of benzene rings is 2. The summed E-state index contributed by atoms with van der Waals surface area (Å²) in [6.45, 7) is 7.33. The summed E-state index contributed by atoms with van der Waals surface area (Å²) in [5.41, 5.74) is 2.43. The number of hydrogen-bond donors (Lipinski definition) is 2. The van der Waals surface area contributed by atoms with Crippen LogP contribution < -0.4 is 10.6 Å². The molecule has 10 heteroatoms. The van der Waals surface area contributed by atoms with E-state index in [0.717, 1.165) is 65.5 Å². The first-order valence-corrected chi connectivity index (χ1v) is 15.4. The topological polar surface area (TPSA) is 94.6 Å². The molecule has 1 fully saturated rings. The number of unbranched alkanes of at least 4 members (excludes halogenated alkanes) is 1. The lowest BCUT2D eigenvalue weighted by Crippen LogP contribution is -2.49. The van der Waals surface area contributed by atoms with Crippen LogP contribution >= 0.6 is 15.9 Å². The van der Waals surface area contributed by atoms with Crippen LogP contribution in [0.1, 0.15) is 38.3 Å². The van der Waals surface area contributed by atoms with Gasteiger partial charge in [-0.1, -0.05) is 47.5 Å². The number of nitrogens with one attached hydrogen (secondary N) is 2. The molecular formula is C28H36BrN5O3S. The van der Waals surface area contributed by atoms with Crippen LogP contribution in [0, 0.1) is 6.92 Å². The molecule has 2 heterocycles. The third-order valence-corrected chi connectivity index (χ3v) is 9.42. The first kappa shape index (κ1) is 28.5. The number of pyridine rings is 1. The van der Waals surface area contributed by atoms with Crippen molar-refractivity contribution in [3.8, 4) is 0 Å². The molecule has 2 amide bonds. The van der Waals surface area contributed by atoms with Crippen LogP contribution in [0.25, 0.3) is 10.9 Å². The lowest BCUT2D eigenvalue weighted by Gasteiger charge is -2.38. The quantitative estimate of drug-likeness (QED) is 0.325. The minimum atomic E-state index is -3.56. The number of piperidine rings is 1. The maximum absolute atomic E-state index is 13.5. The van der Waals surface area contributed by atoms with Crippen LogP contribution in [-0.4, -0.2) is 67.4 Å². The van der Waals surface area contributed by atoms with Gasteiger partial charge in [0.25, 0.3) is 0 Å². The van der Waals surface area contributed by atoms with Crippen molar-refractivity contribution in [2.24, 2.45) is 0 Å². The van der Waals surface area contributed by atoms with Gasteiger partial charge in [-0.15, -0.1) is 0 Å². The van der Waals surface area contributed by atoms with Crippen molar-refractivity contribution in [2.45, 2.75) is 50.5 Å². The van der Waals surface area contributed by atoms with E-state index in [1.807, 2.05) is 37.3 Å². The number of rotatable bonds is 10. The fourth-order valence-corrected chi connectivity index (χ4v) is 6.88. The van der Waals surface area contributed by atoms with Gasteiger partial charge >= 0.3 is 6.03 Å². The molecule has 1 aliphatic heterocycles. The minimum Gasteiger partial charge on any atom is -0.337 e. The Labute approximate surface area is 234 Å². The Morgan fingerprint density at radius 2 is 1.84 bits per heavy atom. The van der Waals surface area contributed by atoms with Gasteiger partial charge in [-0.25, -0.2) is 13.2 Å². The van der Waals surface area contributed by atoms with Crippen molar-refractivity contribution < 1.29 is 13.2 Å². The molecule has 1 aliphatic rings.